The zero-order chi connectivity index (χ0) is 21.6. The number of para-hydroxylation sites is 1. The van der Waals surface area contributed by atoms with Crippen molar-refractivity contribution >= 4 is 17.5 Å². The molecule has 0 saturated carbocycles. The molecule has 0 aliphatic carbocycles. The van der Waals surface area contributed by atoms with Gasteiger partial charge in [0.15, 0.2) is 0 Å². The number of aryl methyl sites for hydroxylation is 1. The zero-order valence-corrected chi connectivity index (χ0v) is 18.3. The Morgan fingerprint density at radius 3 is 2.52 bits per heavy atom. The van der Waals surface area contributed by atoms with E-state index in [9.17, 15) is 9.59 Å². The van der Waals surface area contributed by atoms with E-state index in [0.29, 0.717) is 19.5 Å². The van der Waals surface area contributed by atoms with Gasteiger partial charge in [-0.15, -0.1) is 0 Å². The molecule has 0 atom stereocenters. The van der Waals surface area contributed by atoms with Gasteiger partial charge in [0.05, 0.1) is 13.7 Å². The predicted molar refractivity (Wildman–Crippen MR) is 121 cm³/mol. The number of carbonyl (C=O) groups is 2. The standard InChI is InChI=1S/C25H31N3O3/c1-31-22-10-7-20(8-11-22)9-12-24(29)27-15-4-14-26(17-18-27)19-25(30)28-16-13-21-5-2-3-6-23(21)28/h2-3,5-8,10-11H,4,9,12-19H2,1H3. The molecule has 2 aromatic carbocycles. The average Bonchev–Trinajstić information content (AvgIpc) is 3.10. The summed E-state index contributed by atoms with van der Waals surface area (Å²) < 4.78 is 5.18. The van der Waals surface area contributed by atoms with Gasteiger partial charge in [0.1, 0.15) is 5.75 Å². The number of nitrogens with zero attached hydrogens (tertiary/aromatic N) is 3. The monoisotopic (exact) mass is 421 g/mol. The number of benzene rings is 2. The van der Waals surface area contributed by atoms with E-state index in [1.165, 1.54) is 5.56 Å². The minimum atomic E-state index is 0.157. The topological polar surface area (TPSA) is 53.1 Å². The highest BCUT2D eigenvalue weighted by Gasteiger charge is 2.26. The first-order chi connectivity index (χ1) is 15.1. The van der Waals surface area contributed by atoms with Crippen LogP contribution >= 0.6 is 0 Å². The van der Waals surface area contributed by atoms with E-state index < -0.39 is 0 Å². The molecule has 0 spiro atoms. The van der Waals surface area contributed by atoms with Crippen LogP contribution in [0.3, 0.4) is 0 Å². The molecule has 2 aromatic rings. The second-order valence-electron chi connectivity index (χ2n) is 8.28. The van der Waals surface area contributed by atoms with Crippen LogP contribution in [-0.2, 0) is 22.4 Å². The first-order valence-corrected chi connectivity index (χ1v) is 11.2. The number of hydrogen-bond acceptors (Lipinski definition) is 4. The van der Waals surface area contributed by atoms with E-state index in [0.717, 1.165) is 62.4 Å². The molecular weight excluding hydrogens is 390 g/mol. The number of fused-ring (bicyclic) bond motifs is 1. The molecule has 4 rings (SSSR count). The molecule has 0 radical (unpaired) electrons. The Hall–Kier alpha value is -2.86. The summed E-state index contributed by atoms with van der Waals surface area (Å²) in [6, 6.07) is 16.0. The number of hydrogen-bond donors (Lipinski definition) is 0. The fraction of sp³-hybridized carbons (Fsp3) is 0.440. The summed E-state index contributed by atoms with van der Waals surface area (Å²) in [6.07, 6.45) is 3.07. The van der Waals surface area contributed by atoms with E-state index in [2.05, 4.69) is 11.0 Å². The highest BCUT2D eigenvalue weighted by atomic mass is 16.5. The van der Waals surface area contributed by atoms with Crippen LogP contribution in [0.1, 0.15) is 24.0 Å². The van der Waals surface area contributed by atoms with Gasteiger partial charge in [-0.3, -0.25) is 14.5 Å². The lowest BCUT2D eigenvalue weighted by molar-refractivity contribution is -0.131. The summed E-state index contributed by atoms with van der Waals surface area (Å²) in [5.74, 6) is 1.18. The summed E-state index contributed by atoms with van der Waals surface area (Å²) in [5, 5.41) is 0. The third-order valence-corrected chi connectivity index (χ3v) is 6.27. The molecule has 2 aliphatic rings. The van der Waals surface area contributed by atoms with E-state index in [4.69, 9.17) is 4.74 Å². The molecule has 0 N–H and O–H groups in total. The Balaban J connectivity index is 1.25. The molecule has 6 heteroatoms. The van der Waals surface area contributed by atoms with Gasteiger partial charge >= 0.3 is 0 Å². The van der Waals surface area contributed by atoms with Crippen LogP contribution < -0.4 is 9.64 Å². The van der Waals surface area contributed by atoms with Crippen molar-refractivity contribution in [1.29, 1.82) is 0 Å². The van der Waals surface area contributed by atoms with Crippen LogP contribution in [-0.4, -0.2) is 68.0 Å². The molecule has 164 valence electrons. The van der Waals surface area contributed by atoms with Crippen LogP contribution in [0.25, 0.3) is 0 Å². The first-order valence-electron chi connectivity index (χ1n) is 11.2. The van der Waals surface area contributed by atoms with Gasteiger partial charge in [-0.05, 0) is 48.6 Å². The summed E-state index contributed by atoms with van der Waals surface area (Å²) >= 11 is 0. The van der Waals surface area contributed by atoms with Gasteiger partial charge in [0, 0.05) is 44.8 Å². The van der Waals surface area contributed by atoms with Gasteiger partial charge in [-0.1, -0.05) is 30.3 Å². The Bertz CT molecular complexity index is 912. The Morgan fingerprint density at radius 2 is 1.71 bits per heavy atom. The zero-order valence-electron chi connectivity index (χ0n) is 18.3. The van der Waals surface area contributed by atoms with E-state index in [1.54, 1.807) is 7.11 Å². The van der Waals surface area contributed by atoms with Crippen LogP contribution in [0.5, 0.6) is 5.75 Å². The Kier molecular flexibility index (Phi) is 6.87. The molecule has 31 heavy (non-hydrogen) atoms. The number of anilines is 1. The largest absolute Gasteiger partial charge is 0.497 e. The molecule has 2 aliphatic heterocycles. The second kappa shape index (κ2) is 9.96. The predicted octanol–water partition coefficient (Wildman–Crippen LogP) is 2.75. The van der Waals surface area contributed by atoms with Crippen molar-refractivity contribution in [3.05, 3.63) is 59.7 Å². The Morgan fingerprint density at radius 1 is 0.903 bits per heavy atom. The van der Waals surface area contributed by atoms with Crippen molar-refractivity contribution in [2.45, 2.75) is 25.7 Å². The molecular formula is C25H31N3O3. The third kappa shape index (κ3) is 5.25. The third-order valence-electron chi connectivity index (χ3n) is 6.27. The normalized spacial score (nSPS) is 16.7. The van der Waals surface area contributed by atoms with Crippen LogP contribution in [0.2, 0.25) is 0 Å². The molecule has 6 nitrogen and oxygen atoms in total. The fourth-order valence-electron chi connectivity index (χ4n) is 4.45. The van der Waals surface area contributed by atoms with Crippen molar-refractivity contribution in [2.75, 3.05) is 51.3 Å². The van der Waals surface area contributed by atoms with E-state index in [-0.39, 0.29) is 11.8 Å². The van der Waals surface area contributed by atoms with Gasteiger partial charge in [0.2, 0.25) is 11.8 Å². The molecule has 2 heterocycles. The van der Waals surface area contributed by atoms with Gasteiger partial charge in [-0.25, -0.2) is 0 Å². The summed E-state index contributed by atoms with van der Waals surface area (Å²) in [4.78, 5) is 31.7. The lowest BCUT2D eigenvalue weighted by atomic mass is 10.1. The molecule has 0 unspecified atom stereocenters. The van der Waals surface area contributed by atoms with Crippen molar-refractivity contribution < 1.29 is 14.3 Å². The lowest BCUT2D eigenvalue weighted by Gasteiger charge is -2.24. The maximum Gasteiger partial charge on any atom is 0.241 e. The molecule has 1 fully saturated rings. The fourth-order valence-corrected chi connectivity index (χ4v) is 4.45. The SMILES string of the molecule is COc1ccc(CCC(=O)N2CCCN(CC(=O)N3CCc4ccccc43)CC2)cc1. The van der Waals surface area contributed by atoms with Gasteiger partial charge in [-0.2, -0.15) is 0 Å². The average molecular weight is 422 g/mol. The van der Waals surface area contributed by atoms with Crippen LogP contribution in [0.4, 0.5) is 5.69 Å². The lowest BCUT2D eigenvalue weighted by Crippen LogP contribution is -2.41. The van der Waals surface area contributed by atoms with Crippen molar-refractivity contribution in [3.63, 3.8) is 0 Å². The maximum absolute atomic E-state index is 12.9. The highest BCUT2D eigenvalue weighted by molar-refractivity contribution is 5.96. The maximum atomic E-state index is 12.9. The highest BCUT2D eigenvalue weighted by Crippen LogP contribution is 2.27. The number of methoxy groups -OCH3 is 1. The van der Waals surface area contributed by atoms with E-state index in [1.807, 2.05) is 52.3 Å². The Labute approximate surface area is 184 Å². The molecule has 1 saturated heterocycles. The van der Waals surface area contributed by atoms with Crippen molar-refractivity contribution in [1.82, 2.24) is 9.80 Å². The minimum absolute atomic E-state index is 0.157. The van der Waals surface area contributed by atoms with E-state index >= 15 is 0 Å². The van der Waals surface area contributed by atoms with Crippen LogP contribution in [0, 0.1) is 0 Å². The minimum Gasteiger partial charge on any atom is -0.497 e. The molecule has 0 bridgehead atoms. The summed E-state index contributed by atoms with van der Waals surface area (Å²) in [7, 11) is 1.65. The summed E-state index contributed by atoms with van der Waals surface area (Å²) in [5.41, 5.74) is 3.44. The van der Waals surface area contributed by atoms with Crippen LogP contribution in [0.15, 0.2) is 48.5 Å². The molecule has 0 aromatic heterocycles. The number of ether oxygens (including phenoxy) is 1. The van der Waals surface area contributed by atoms with Gasteiger partial charge < -0.3 is 14.5 Å². The second-order valence-corrected chi connectivity index (χ2v) is 8.28. The van der Waals surface area contributed by atoms with Gasteiger partial charge in [0.25, 0.3) is 0 Å². The quantitative estimate of drug-likeness (QED) is 0.720. The number of carbonyl (C=O) groups excluding carboxylic acids is 2. The summed E-state index contributed by atoms with van der Waals surface area (Å²) in [6.45, 7) is 4.23. The number of amides is 2. The van der Waals surface area contributed by atoms with Crippen molar-refractivity contribution in [3.8, 4) is 5.75 Å². The first kappa shape index (κ1) is 21.4. The molecule has 2 amide bonds. The number of rotatable bonds is 6. The van der Waals surface area contributed by atoms with Crippen molar-refractivity contribution in [2.24, 2.45) is 0 Å². The smallest absolute Gasteiger partial charge is 0.241 e.